The monoisotopic (exact) mass is 283 g/mol. The number of hydrogen-bond donors (Lipinski definition) is 1. The predicted molar refractivity (Wildman–Crippen MR) is 88.5 cm³/mol. The van der Waals surface area contributed by atoms with Gasteiger partial charge in [-0.1, -0.05) is 42.5 Å². The molecule has 0 heterocycles. The molecular formula is C19H25NO. The number of aryl methyl sites for hydroxylation is 1. The van der Waals surface area contributed by atoms with Crippen molar-refractivity contribution in [2.75, 3.05) is 0 Å². The maximum Gasteiger partial charge on any atom is 0.122 e. The number of para-hydroxylation sites is 1. The van der Waals surface area contributed by atoms with E-state index in [2.05, 4.69) is 63.3 Å². The number of nitrogens with one attached hydrogen (secondary N) is 1. The maximum absolute atomic E-state index is 5.90. The second-order valence-electron chi connectivity index (χ2n) is 6.48. The minimum absolute atomic E-state index is 0.133. The Morgan fingerprint density at radius 2 is 1.67 bits per heavy atom. The van der Waals surface area contributed by atoms with E-state index in [1.807, 2.05) is 18.2 Å². The fourth-order valence-corrected chi connectivity index (χ4v) is 2.08. The Labute approximate surface area is 128 Å². The minimum atomic E-state index is 0.133. The molecule has 112 valence electrons. The van der Waals surface area contributed by atoms with E-state index in [-0.39, 0.29) is 5.54 Å². The smallest absolute Gasteiger partial charge is 0.122 e. The van der Waals surface area contributed by atoms with Crippen LogP contribution in [0.4, 0.5) is 0 Å². The highest BCUT2D eigenvalue weighted by molar-refractivity contribution is 5.32. The first kappa shape index (κ1) is 15.6. The van der Waals surface area contributed by atoms with Gasteiger partial charge < -0.3 is 10.1 Å². The van der Waals surface area contributed by atoms with Crippen LogP contribution >= 0.6 is 0 Å². The summed E-state index contributed by atoms with van der Waals surface area (Å²) >= 11 is 0. The van der Waals surface area contributed by atoms with Gasteiger partial charge in [0, 0.05) is 12.1 Å². The molecule has 0 unspecified atom stereocenters. The highest BCUT2D eigenvalue weighted by Crippen LogP contribution is 2.18. The van der Waals surface area contributed by atoms with E-state index in [0.29, 0.717) is 6.61 Å². The van der Waals surface area contributed by atoms with Gasteiger partial charge in [-0.15, -0.1) is 0 Å². The van der Waals surface area contributed by atoms with Crippen molar-refractivity contribution in [1.82, 2.24) is 5.32 Å². The van der Waals surface area contributed by atoms with E-state index in [0.717, 1.165) is 12.3 Å². The Bertz CT molecular complexity index is 584. The number of rotatable bonds is 5. The Morgan fingerprint density at radius 1 is 0.952 bits per heavy atom. The molecule has 1 N–H and O–H groups in total. The third kappa shape index (κ3) is 5.24. The zero-order valence-corrected chi connectivity index (χ0v) is 13.4. The average Bonchev–Trinajstić information content (AvgIpc) is 2.44. The standard InChI is InChI=1S/C19H25NO/c1-15-8-5-6-11-18(15)21-14-17-10-7-9-16(12-17)13-20-19(2,3)4/h5-12,20H,13-14H2,1-4H3. The quantitative estimate of drug-likeness (QED) is 0.874. The van der Waals surface area contributed by atoms with Crippen molar-refractivity contribution in [2.45, 2.75) is 46.4 Å². The molecule has 2 heteroatoms. The molecule has 0 atom stereocenters. The SMILES string of the molecule is Cc1ccccc1OCc1cccc(CNC(C)(C)C)c1. The second-order valence-corrected chi connectivity index (χ2v) is 6.48. The summed E-state index contributed by atoms with van der Waals surface area (Å²) in [6.45, 7) is 10.1. The molecule has 0 aliphatic carbocycles. The summed E-state index contributed by atoms with van der Waals surface area (Å²) in [5.74, 6) is 0.954. The molecule has 2 aromatic rings. The van der Waals surface area contributed by atoms with Gasteiger partial charge in [0.25, 0.3) is 0 Å². The van der Waals surface area contributed by atoms with Crippen LogP contribution in [0.15, 0.2) is 48.5 Å². The molecule has 0 saturated heterocycles. The van der Waals surface area contributed by atoms with Crippen LogP contribution in [0, 0.1) is 6.92 Å². The molecule has 21 heavy (non-hydrogen) atoms. The van der Waals surface area contributed by atoms with Gasteiger partial charge in [0.15, 0.2) is 0 Å². The van der Waals surface area contributed by atoms with Gasteiger partial charge in [-0.25, -0.2) is 0 Å². The third-order valence-corrected chi connectivity index (χ3v) is 3.30. The third-order valence-electron chi connectivity index (χ3n) is 3.30. The molecular weight excluding hydrogens is 258 g/mol. The summed E-state index contributed by atoms with van der Waals surface area (Å²) in [6.07, 6.45) is 0. The van der Waals surface area contributed by atoms with Crippen LogP contribution in [0.5, 0.6) is 5.75 Å². The van der Waals surface area contributed by atoms with Gasteiger partial charge in [-0.05, 0) is 50.5 Å². The highest BCUT2D eigenvalue weighted by atomic mass is 16.5. The molecule has 0 spiro atoms. The van der Waals surface area contributed by atoms with E-state index < -0.39 is 0 Å². The zero-order valence-electron chi connectivity index (χ0n) is 13.4. The van der Waals surface area contributed by atoms with Crippen molar-refractivity contribution in [3.8, 4) is 5.75 Å². The molecule has 2 aromatic carbocycles. The molecule has 2 rings (SSSR count). The first-order valence-corrected chi connectivity index (χ1v) is 7.45. The van der Waals surface area contributed by atoms with Gasteiger partial charge in [0.1, 0.15) is 12.4 Å². The van der Waals surface area contributed by atoms with Crippen molar-refractivity contribution in [3.63, 3.8) is 0 Å². The molecule has 0 amide bonds. The summed E-state index contributed by atoms with van der Waals surface area (Å²) in [5.41, 5.74) is 3.79. The van der Waals surface area contributed by atoms with Crippen LogP contribution < -0.4 is 10.1 Å². The van der Waals surface area contributed by atoms with Gasteiger partial charge in [-0.2, -0.15) is 0 Å². The first-order valence-electron chi connectivity index (χ1n) is 7.45. The van der Waals surface area contributed by atoms with Crippen LogP contribution in [0.25, 0.3) is 0 Å². The first-order chi connectivity index (χ1) is 9.94. The largest absolute Gasteiger partial charge is 0.489 e. The normalized spacial score (nSPS) is 11.4. The minimum Gasteiger partial charge on any atom is -0.489 e. The van der Waals surface area contributed by atoms with E-state index in [1.54, 1.807) is 0 Å². The Balaban J connectivity index is 1.96. The zero-order chi connectivity index (χ0) is 15.3. The van der Waals surface area contributed by atoms with Crippen LogP contribution in [-0.4, -0.2) is 5.54 Å². The van der Waals surface area contributed by atoms with Crippen molar-refractivity contribution in [2.24, 2.45) is 0 Å². The molecule has 0 fully saturated rings. The molecule has 0 aromatic heterocycles. The van der Waals surface area contributed by atoms with Crippen molar-refractivity contribution in [3.05, 3.63) is 65.2 Å². The molecule has 2 nitrogen and oxygen atoms in total. The van der Waals surface area contributed by atoms with E-state index >= 15 is 0 Å². The van der Waals surface area contributed by atoms with E-state index in [1.165, 1.54) is 16.7 Å². The fraction of sp³-hybridized carbons (Fsp3) is 0.368. The van der Waals surface area contributed by atoms with Gasteiger partial charge >= 0.3 is 0 Å². The number of ether oxygens (including phenoxy) is 1. The molecule has 0 saturated carbocycles. The Morgan fingerprint density at radius 3 is 2.38 bits per heavy atom. The second kappa shape index (κ2) is 6.77. The topological polar surface area (TPSA) is 21.3 Å². The van der Waals surface area contributed by atoms with Gasteiger partial charge in [0.2, 0.25) is 0 Å². The van der Waals surface area contributed by atoms with Gasteiger partial charge in [0.05, 0.1) is 0 Å². The van der Waals surface area contributed by atoms with Gasteiger partial charge in [-0.3, -0.25) is 0 Å². The van der Waals surface area contributed by atoms with Crippen molar-refractivity contribution >= 4 is 0 Å². The number of hydrogen-bond acceptors (Lipinski definition) is 2. The highest BCUT2D eigenvalue weighted by Gasteiger charge is 2.08. The van der Waals surface area contributed by atoms with Crippen LogP contribution in [0.2, 0.25) is 0 Å². The summed E-state index contributed by atoms with van der Waals surface area (Å²) < 4.78 is 5.90. The molecule has 0 aliphatic heterocycles. The van der Waals surface area contributed by atoms with Crippen LogP contribution in [0.3, 0.4) is 0 Å². The van der Waals surface area contributed by atoms with Crippen molar-refractivity contribution < 1.29 is 4.74 Å². The number of benzene rings is 2. The lowest BCUT2D eigenvalue weighted by Crippen LogP contribution is -2.35. The predicted octanol–water partition coefficient (Wildman–Crippen LogP) is 4.46. The molecule has 0 bridgehead atoms. The molecule has 0 aliphatic rings. The summed E-state index contributed by atoms with van der Waals surface area (Å²) in [4.78, 5) is 0. The Hall–Kier alpha value is -1.80. The molecule has 0 radical (unpaired) electrons. The van der Waals surface area contributed by atoms with E-state index in [4.69, 9.17) is 4.74 Å². The maximum atomic E-state index is 5.90. The van der Waals surface area contributed by atoms with Crippen LogP contribution in [0.1, 0.15) is 37.5 Å². The lowest BCUT2D eigenvalue weighted by molar-refractivity contribution is 0.304. The summed E-state index contributed by atoms with van der Waals surface area (Å²) in [5, 5.41) is 3.51. The summed E-state index contributed by atoms with van der Waals surface area (Å²) in [7, 11) is 0. The Kier molecular flexibility index (Phi) is 5.03. The van der Waals surface area contributed by atoms with Crippen molar-refractivity contribution in [1.29, 1.82) is 0 Å². The van der Waals surface area contributed by atoms with Crippen LogP contribution in [-0.2, 0) is 13.2 Å². The van der Waals surface area contributed by atoms with E-state index in [9.17, 15) is 0 Å². The summed E-state index contributed by atoms with van der Waals surface area (Å²) in [6, 6.07) is 16.7. The lowest BCUT2D eigenvalue weighted by atomic mass is 10.1. The average molecular weight is 283 g/mol. The lowest BCUT2D eigenvalue weighted by Gasteiger charge is -2.20. The fourth-order valence-electron chi connectivity index (χ4n) is 2.08.